The van der Waals surface area contributed by atoms with Gasteiger partial charge in [-0.2, -0.15) is 0 Å². The maximum Gasteiger partial charge on any atom is 0.339 e. The van der Waals surface area contributed by atoms with Gasteiger partial charge in [-0.25, -0.2) is 4.79 Å². The number of benzene rings is 1. The normalized spacial score (nSPS) is 16.9. The molecule has 0 fully saturated rings. The van der Waals surface area contributed by atoms with E-state index in [0.717, 1.165) is 12.8 Å². The van der Waals surface area contributed by atoms with Crippen molar-refractivity contribution in [1.82, 2.24) is 0 Å². The molecule has 1 unspecified atom stereocenters. The molecule has 1 aliphatic carbocycles. The second kappa shape index (κ2) is 6.23. The fourth-order valence-corrected chi connectivity index (χ4v) is 2.26. The third-order valence-electron chi connectivity index (χ3n) is 3.28. The lowest BCUT2D eigenvalue weighted by atomic mass is 10.0. The van der Waals surface area contributed by atoms with Gasteiger partial charge in [0.1, 0.15) is 11.3 Å². The van der Waals surface area contributed by atoms with Gasteiger partial charge < -0.3 is 15.2 Å². The first-order chi connectivity index (χ1) is 9.60. The number of ether oxygens (including phenoxy) is 1. The van der Waals surface area contributed by atoms with Crippen LogP contribution in [0, 0.1) is 5.92 Å². The van der Waals surface area contributed by atoms with Gasteiger partial charge in [-0.05, 0) is 30.9 Å². The Hall–Kier alpha value is -2.30. The Morgan fingerprint density at radius 2 is 2.25 bits per heavy atom. The van der Waals surface area contributed by atoms with Crippen molar-refractivity contribution in [2.75, 3.05) is 12.4 Å². The average molecular weight is 275 g/mol. The molecule has 1 aliphatic rings. The van der Waals surface area contributed by atoms with E-state index in [-0.39, 0.29) is 17.2 Å². The van der Waals surface area contributed by atoms with Crippen LogP contribution in [0.4, 0.5) is 5.69 Å². The summed E-state index contributed by atoms with van der Waals surface area (Å²) in [6, 6.07) is 4.51. The fraction of sp³-hybridized carbons (Fsp3) is 0.333. The van der Waals surface area contributed by atoms with Crippen molar-refractivity contribution in [3.63, 3.8) is 0 Å². The molecule has 0 saturated carbocycles. The number of carbonyl (C=O) groups excluding carboxylic acids is 1. The van der Waals surface area contributed by atoms with Gasteiger partial charge in [-0.1, -0.05) is 12.2 Å². The van der Waals surface area contributed by atoms with Gasteiger partial charge in [0, 0.05) is 18.2 Å². The molecule has 0 bridgehead atoms. The number of hydrogen-bond donors (Lipinski definition) is 2. The van der Waals surface area contributed by atoms with Crippen molar-refractivity contribution in [2.45, 2.75) is 19.3 Å². The third-order valence-corrected chi connectivity index (χ3v) is 3.28. The molecule has 5 nitrogen and oxygen atoms in total. The zero-order chi connectivity index (χ0) is 14.5. The Labute approximate surface area is 117 Å². The Bertz CT molecular complexity index is 551. The molecule has 0 aromatic heterocycles. The van der Waals surface area contributed by atoms with Crippen LogP contribution < -0.4 is 10.1 Å². The fourth-order valence-electron chi connectivity index (χ4n) is 2.26. The predicted molar refractivity (Wildman–Crippen MR) is 75.1 cm³/mol. The first kappa shape index (κ1) is 14.1. The van der Waals surface area contributed by atoms with E-state index in [4.69, 9.17) is 9.84 Å². The Morgan fingerprint density at radius 3 is 2.85 bits per heavy atom. The SMILES string of the molecule is COc1cc(NC(=O)CC2C=CCC2)ccc1C(=O)O. The summed E-state index contributed by atoms with van der Waals surface area (Å²) in [7, 11) is 1.40. The number of carboxylic acid groups (broad SMARTS) is 1. The molecule has 2 rings (SSSR count). The average Bonchev–Trinajstić information content (AvgIpc) is 2.90. The van der Waals surface area contributed by atoms with Gasteiger partial charge in [-0.15, -0.1) is 0 Å². The molecule has 2 N–H and O–H groups in total. The van der Waals surface area contributed by atoms with Crippen LogP contribution in [-0.2, 0) is 4.79 Å². The van der Waals surface area contributed by atoms with Crippen molar-refractivity contribution < 1.29 is 19.4 Å². The van der Waals surface area contributed by atoms with Crippen LogP contribution in [0.3, 0.4) is 0 Å². The van der Waals surface area contributed by atoms with Crippen LogP contribution in [0.5, 0.6) is 5.75 Å². The van der Waals surface area contributed by atoms with Gasteiger partial charge in [0.2, 0.25) is 5.91 Å². The number of allylic oxidation sites excluding steroid dienone is 2. The number of rotatable bonds is 5. The molecule has 0 saturated heterocycles. The molecule has 1 aromatic rings. The summed E-state index contributed by atoms with van der Waals surface area (Å²) in [4.78, 5) is 22.9. The first-order valence-electron chi connectivity index (χ1n) is 6.48. The van der Waals surface area contributed by atoms with Crippen LogP contribution in [0.1, 0.15) is 29.6 Å². The second-order valence-electron chi connectivity index (χ2n) is 4.74. The molecule has 106 valence electrons. The van der Waals surface area contributed by atoms with E-state index in [1.165, 1.54) is 19.2 Å². The molecule has 0 aliphatic heterocycles. The lowest BCUT2D eigenvalue weighted by molar-refractivity contribution is -0.116. The largest absolute Gasteiger partial charge is 0.496 e. The number of carbonyl (C=O) groups is 2. The van der Waals surface area contributed by atoms with Crippen LogP contribution in [-0.4, -0.2) is 24.1 Å². The summed E-state index contributed by atoms with van der Waals surface area (Å²) in [6.45, 7) is 0. The van der Waals surface area contributed by atoms with E-state index in [0.29, 0.717) is 18.0 Å². The van der Waals surface area contributed by atoms with Crippen LogP contribution >= 0.6 is 0 Å². The highest BCUT2D eigenvalue weighted by Gasteiger charge is 2.15. The van der Waals surface area contributed by atoms with Crippen LogP contribution in [0.15, 0.2) is 30.4 Å². The van der Waals surface area contributed by atoms with Crippen LogP contribution in [0.2, 0.25) is 0 Å². The molecule has 1 aromatic carbocycles. The highest BCUT2D eigenvalue weighted by molar-refractivity contribution is 5.94. The van der Waals surface area contributed by atoms with E-state index in [9.17, 15) is 9.59 Å². The first-order valence-corrected chi connectivity index (χ1v) is 6.48. The van der Waals surface area contributed by atoms with E-state index in [1.807, 2.05) is 0 Å². The monoisotopic (exact) mass is 275 g/mol. The minimum Gasteiger partial charge on any atom is -0.496 e. The van der Waals surface area contributed by atoms with Crippen molar-refractivity contribution in [3.8, 4) is 5.75 Å². The number of nitrogens with one attached hydrogen (secondary N) is 1. The summed E-state index contributed by atoms with van der Waals surface area (Å²) in [5, 5.41) is 11.7. The zero-order valence-corrected chi connectivity index (χ0v) is 11.3. The van der Waals surface area contributed by atoms with Gasteiger partial charge >= 0.3 is 5.97 Å². The molecule has 1 atom stereocenters. The number of hydrogen-bond acceptors (Lipinski definition) is 3. The number of amides is 1. The Kier molecular flexibility index (Phi) is 4.40. The highest BCUT2D eigenvalue weighted by atomic mass is 16.5. The maximum absolute atomic E-state index is 11.9. The van der Waals surface area contributed by atoms with Crippen molar-refractivity contribution in [1.29, 1.82) is 0 Å². The maximum atomic E-state index is 11.9. The van der Waals surface area contributed by atoms with Gasteiger partial charge in [0.05, 0.1) is 7.11 Å². The van der Waals surface area contributed by atoms with Crippen molar-refractivity contribution >= 4 is 17.6 Å². The minimum absolute atomic E-state index is 0.0734. The van der Waals surface area contributed by atoms with E-state index < -0.39 is 5.97 Å². The molecule has 1 amide bonds. The van der Waals surface area contributed by atoms with E-state index >= 15 is 0 Å². The number of aromatic carboxylic acids is 1. The van der Waals surface area contributed by atoms with Gasteiger partial charge in [0.15, 0.2) is 0 Å². The lowest BCUT2D eigenvalue weighted by Crippen LogP contribution is -2.15. The van der Waals surface area contributed by atoms with Gasteiger partial charge in [-0.3, -0.25) is 4.79 Å². The Morgan fingerprint density at radius 1 is 1.45 bits per heavy atom. The zero-order valence-electron chi connectivity index (χ0n) is 11.3. The highest BCUT2D eigenvalue weighted by Crippen LogP contribution is 2.25. The lowest BCUT2D eigenvalue weighted by Gasteiger charge is -2.11. The molecular formula is C15H17NO4. The molecule has 0 radical (unpaired) electrons. The standard InChI is InChI=1S/C15H17NO4/c1-20-13-9-11(6-7-12(13)15(18)19)16-14(17)8-10-4-2-3-5-10/h2,4,6-7,9-10H,3,5,8H2,1H3,(H,16,17)(H,18,19). The summed E-state index contributed by atoms with van der Waals surface area (Å²) < 4.78 is 5.02. The summed E-state index contributed by atoms with van der Waals surface area (Å²) in [5.41, 5.74) is 0.614. The molecule has 20 heavy (non-hydrogen) atoms. The van der Waals surface area contributed by atoms with Crippen LogP contribution in [0.25, 0.3) is 0 Å². The summed E-state index contributed by atoms with van der Waals surface area (Å²) in [6.07, 6.45) is 6.63. The van der Waals surface area contributed by atoms with Crippen molar-refractivity contribution in [2.24, 2.45) is 5.92 Å². The predicted octanol–water partition coefficient (Wildman–Crippen LogP) is 2.69. The molecular weight excluding hydrogens is 258 g/mol. The van der Waals surface area contributed by atoms with E-state index in [1.54, 1.807) is 6.07 Å². The van der Waals surface area contributed by atoms with Gasteiger partial charge in [0.25, 0.3) is 0 Å². The van der Waals surface area contributed by atoms with Crippen molar-refractivity contribution in [3.05, 3.63) is 35.9 Å². The summed E-state index contributed by atoms with van der Waals surface area (Å²) >= 11 is 0. The number of methoxy groups -OCH3 is 1. The quantitative estimate of drug-likeness (QED) is 0.810. The smallest absolute Gasteiger partial charge is 0.339 e. The third kappa shape index (κ3) is 3.38. The molecule has 5 heteroatoms. The number of carboxylic acids is 1. The topological polar surface area (TPSA) is 75.6 Å². The number of anilines is 1. The molecule has 0 spiro atoms. The van der Waals surface area contributed by atoms with E-state index in [2.05, 4.69) is 17.5 Å². The summed E-state index contributed by atoms with van der Waals surface area (Å²) in [5.74, 6) is -0.603. The minimum atomic E-state index is -1.06. The molecule has 0 heterocycles. The Balaban J connectivity index is 2.03. The second-order valence-corrected chi connectivity index (χ2v) is 4.74.